The number of nitrogens with one attached hydrogen (secondary N) is 1. The van der Waals surface area contributed by atoms with Crippen LogP contribution in [0.2, 0.25) is 0 Å². The van der Waals surface area contributed by atoms with E-state index >= 15 is 0 Å². The Kier molecular flexibility index (Phi) is 3.63. The highest BCUT2D eigenvalue weighted by Crippen LogP contribution is 2.15. The van der Waals surface area contributed by atoms with Gasteiger partial charge in [0.1, 0.15) is 6.04 Å². The molecule has 1 aromatic heterocycles. The van der Waals surface area contributed by atoms with Crippen molar-refractivity contribution in [1.29, 1.82) is 0 Å². The van der Waals surface area contributed by atoms with Gasteiger partial charge in [-0.3, -0.25) is 4.79 Å². The molecule has 0 aliphatic rings. The Bertz CT molecular complexity index is 526. The standard InChI is InChI=1S/C11H13N5O2/c1-18-11(17)9(12)6-7-3-2-4-8(5-7)10-13-15-16-14-10/h2-5,9H,6,12H2,1H3,(H,13,14,15,16)/t9-/m0/s1. The van der Waals surface area contributed by atoms with Gasteiger partial charge in [0.15, 0.2) is 0 Å². The summed E-state index contributed by atoms with van der Waals surface area (Å²) in [7, 11) is 1.32. The summed E-state index contributed by atoms with van der Waals surface area (Å²) in [5.41, 5.74) is 7.43. The fourth-order valence-electron chi connectivity index (χ4n) is 1.61. The third-order valence-corrected chi connectivity index (χ3v) is 2.49. The van der Waals surface area contributed by atoms with Crippen molar-refractivity contribution in [3.8, 4) is 11.4 Å². The number of H-pyrrole nitrogens is 1. The first-order valence-corrected chi connectivity index (χ1v) is 5.37. The molecule has 0 amide bonds. The Morgan fingerprint density at radius 2 is 2.39 bits per heavy atom. The second kappa shape index (κ2) is 5.37. The number of rotatable bonds is 4. The normalized spacial score (nSPS) is 12.1. The summed E-state index contributed by atoms with van der Waals surface area (Å²) in [5, 5.41) is 13.7. The van der Waals surface area contributed by atoms with E-state index in [1.54, 1.807) is 0 Å². The lowest BCUT2D eigenvalue weighted by atomic mass is 10.0. The average molecular weight is 247 g/mol. The van der Waals surface area contributed by atoms with E-state index in [0.717, 1.165) is 11.1 Å². The van der Waals surface area contributed by atoms with Crippen molar-refractivity contribution in [3.63, 3.8) is 0 Å². The molecule has 94 valence electrons. The van der Waals surface area contributed by atoms with Crippen LogP contribution in [0.15, 0.2) is 24.3 Å². The molecule has 0 unspecified atom stereocenters. The van der Waals surface area contributed by atoms with Crippen LogP contribution in [0, 0.1) is 0 Å². The monoisotopic (exact) mass is 247 g/mol. The number of benzene rings is 1. The molecule has 2 rings (SSSR count). The molecular weight excluding hydrogens is 234 g/mol. The van der Waals surface area contributed by atoms with Gasteiger partial charge in [0.25, 0.3) is 0 Å². The van der Waals surface area contributed by atoms with Crippen molar-refractivity contribution in [2.45, 2.75) is 12.5 Å². The molecule has 0 aliphatic carbocycles. The van der Waals surface area contributed by atoms with Gasteiger partial charge in [0.2, 0.25) is 5.82 Å². The maximum absolute atomic E-state index is 11.2. The Hall–Kier alpha value is -2.28. The smallest absolute Gasteiger partial charge is 0.322 e. The lowest BCUT2D eigenvalue weighted by Gasteiger charge is -2.09. The number of methoxy groups -OCH3 is 1. The van der Waals surface area contributed by atoms with Crippen molar-refractivity contribution >= 4 is 5.97 Å². The summed E-state index contributed by atoms with van der Waals surface area (Å²) in [6.07, 6.45) is 0.401. The van der Waals surface area contributed by atoms with Crippen LogP contribution in [0.25, 0.3) is 11.4 Å². The number of hydrogen-bond acceptors (Lipinski definition) is 6. The topological polar surface area (TPSA) is 107 Å². The minimum Gasteiger partial charge on any atom is -0.468 e. The Morgan fingerprint density at radius 1 is 1.56 bits per heavy atom. The molecule has 0 bridgehead atoms. The minimum atomic E-state index is -0.671. The molecule has 0 saturated heterocycles. The van der Waals surface area contributed by atoms with Gasteiger partial charge >= 0.3 is 5.97 Å². The Morgan fingerprint density at radius 3 is 3.06 bits per heavy atom. The molecule has 1 atom stereocenters. The highest BCUT2D eigenvalue weighted by molar-refractivity contribution is 5.75. The number of aromatic amines is 1. The second-order valence-corrected chi connectivity index (χ2v) is 3.77. The van der Waals surface area contributed by atoms with Crippen molar-refractivity contribution in [3.05, 3.63) is 29.8 Å². The van der Waals surface area contributed by atoms with Crippen molar-refractivity contribution in [2.75, 3.05) is 7.11 Å². The van der Waals surface area contributed by atoms with Gasteiger partial charge in [0, 0.05) is 5.56 Å². The van der Waals surface area contributed by atoms with Crippen molar-refractivity contribution in [1.82, 2.24) is 20.6 Å². The summed E-state index contributed by atoms with van der Waals surface area (Å²) in [5.74, 6) is 0.0726. The first-order valence-electron chi connectivity index (χ1n) is 5.37. The summed E-state index contributed by atoms with van der Waals surface area (Å²) in [6.45, 7) is 0. The quantitative estimate of drug-likeness (QED) is 0.731. The first kappa shape index (κ1) is 12.2. The van der Waals surface area contributed by atoms with Gasteiger partial charge in [-0.05, 0) is 23.3 Å². The van der Waals surface area contributed by atoms with Gasteiger partial charge < -0.3 is 10.5 Å². The summed E-state index contributed by atoms with van der Waals surface area (Å²) >= 11 is 0. The molecular formula is C11H13N5O2. The van der Waals surface area contributed by atoms with Crippen LogP contribution in [-0.4, -0.2) is 39.7 Å². The van der Waals surface area contributed by atoms with Crippen LogP contribution < -0.4 is 5.73 Å². The molecule has 18 heavy (non-hydrogen) atoms. The van der Waals surface area contributed by atoms with Gasteiger partial charge in [-0.2, -0.15) is 5.21 Å². The van der Waals surface area contributed by atoms with Gasteiger partial charge in [0.05, 0.1) is 7.11 Å². The van der Waals surface area contributed by atoms with Crippen LogP contribution in [-0.2, 0) is 16.0 Å². The highest BCUT2D eigenvalue weighted by atomic mass is 16.5. The number of esters is 1. The number of hydrogen-bond donors (Lipinski definition) is 2. The average Bonchev–Trinajstić information content (AvgIpc) is 2.92. The predicted octanol–water partition coefficient (Wildman–Crippen LogP) is -0.0905. The summed E-state index contributed by atoms with van der Waals surface area (Å²) in [6, 6.07) is 6.79. The van der Waals surface area contributed by atoms with E-state index in [1.807, 2.05) is 24.3 Å². The van der Waals surface area contributed by atoms with Crippen LogP contribution >= 0.6 is 0 Å². The molecule has 0 fully saturated rings. The molecule has 2 aromatic rings. The number of nitrogens with zero attached hydrogens (tertiary/aromatic N) is 3. The van der Waals surface area contributed by atoms with Crippen LogP contribution in [0.4, 0.5) is 0 Å². The van der Waals surface area contributed by atoms with E-state index in [2.05, 4.69) is 25.4 Å². The van der Waals surface area contributed by atoms with Crippen molar-refractivity contribution in [2.24, 2.45) is 5.73 Å². The van der Waals surface area contributed by atoms with Gasteiger partial charge in [-0.15, -0.1) is 10.2 Å². The van der Waals surface area contributed by atoms with Crippen LogP contribution in [0.3, 0.4) is 0 Å². The molecule has 7 nitrogen and oxygen atoms in total. The third-order valence-electron chi connectivity index (χ3n) is 2.49. The third kappa shape index (κ3) is 2.69. The molecule has 3 N–H and O–H groups in total. The predicted molar refractivity (Wildman–Crippen MR) is 63.3 cm³/mol. The minimum absolute atomic E-state index is 0.401. The SMILES string of the molecule is COC(=O)[C@@H](N)Cc1cccc(-c2nn[nH]n2)c1. The molecule has 0 radical (unpaired) electrons. The number of carbonyl (C=O) groups excluding carboxylic acids is 1. The Labute approximate surface area is 103 Å². The molecule has 7 heteroatoms. The maximum Gasteiger partial charge on any atom is 0.322 e. The largest absolute Gasteiger partial charge is 0.468 e. The van der Waals surface area contributed by atoms with E-state index in [9.17, 15) is 4.79 Å². The number of tetrazole rings is 1. The second-order valence-electron chi connectivity index (χ2n) is 3.77. The zero-order valence-electron chi connectivity index (χ0n) is 9.83. The fraction of sp³-hybridized carbons (Fsp3) is 0.273. The van der Waals surface area contributed by atoms with Gasteiger partial charge in [-0.1, -0.05) is 18.2 Å². The van der Waals surface area contributed by atoms with Crippen molar-refractivity contribution < 1.29 is 9.53 Å². The number of aromatic nitrogens is 4. The molecule has 1 aromatic carbocycles. The number of ether oxygens (including phenoxy) is 1. The zero-order chi connectivity index (χ0) is 13.0. The fourth-order valence-corrected chi connectivity index (χ4v) is 1.61. The first-order chi connectivity index (χ1) is 8.70. The number of carbonyl (C=O) groups is 1. The summed E-state index contributed by atoms with van der Waals surface area (Å²) < 4.78 is 4.58. The van der Waals surface area contributed by atoms with E-state index < -0.39 is 12.0 Å². The lowest BCUT2D eigenvalue weighted by Crippen LogP contribution is -2.33. The molecule has 0 spiro atoms. The van der Waals surface area contributed by atoms with Gasteiger partial charge in [-0.25, -0.2) is 0 Å². The highest BCUT2D eigenvalue weighted by Gasteiger charge is 2.14. The number of nitrogens with two attached hydrogens (primary N) is 1. The maximum atomic E-state index is 11.2. The Balaban J connectivity index is 2.15. The molecule has 1 heterocycles. The van der Waals surface area contributed by atoms with E-state index in [4.69, 9.17) is 5.73 Å². The molecule has 0 saturated carbocycles. The zero-order valence-corrected chi connectivity index (χ0v) is 9.83. The van der Waals surface area contributed by atoms with E-state index in [1.165, 1.54) is 7.11 Å². The summed E-state index contributed by atoms with van der Waals surface area (Å²) in [4.78, 5) is 11.2. The van der Waals surface area contributed by atoms with Crippen LogP contribution in [0.5, 0.6) is 0 Å². The van der Waals surface area contributed by atoms with E-state index in [0.29, 0.717) is 12.2 Å². The van der Waals surface area contributed by atoms with E-state index in [-0.39, 0.29) is 0 Å². The lowest BCUT2D eigenvalue weighted by molar-refractivity contribution is -0.142. The van der Waals surface area contributed by atoms with Crippen LogP contribution in [0.1, 0.15) is 5.56 Å². The molecule has 0 aliphatic heterocycles.